The van der Waals surface area contributed by atoms with Gasteiger partial charge in [0, 0.05) is 17.3 Å². The van der Waals surface area contributed by atoms with Crippen molar-refractivity contribution in [3.63, 3.8) is 0 Å². The van der Waals surface area contributed by atoms with Gasteiger partial charge in [0.2, 0.25) is 4.96 Å². The zero-order chi connectivity index (χ0) is 29.1. The van der Waals surface area contributed by atoms with Gasteiger partial charge in [0.05, 0.1) is 31.0 Å². The molecule has 3 aromatic heterocycles. The van der Waals surface area contributed by atoms with E-state index in [0.29, 0.717) is 33.4 Å². The van der Waals surface area contributed by atoms with Crippen LogP contribution in [-0.4, -0.2) is 45.2 Å². The minimum atomic E-state index is -0.238. The molecule has 210 valence electrons. The molecular formula is C32H27N5O4S. The molecule has 0 fully saturated rings. The van der Waals surface area contributed by atoms with E-state index in [0.717, 1.165) is 33.8 Å². The van der Waals surface area contributed by atoms with Crippen LogP contribution in [-0.2, 0) is 0 Å². The third-order valence-electron chi connectivity index (χ3n) is 6.52. The van der Waals surface area contributed by atoms with Crippen LogP contribution in [0.1, 0.15) is 23.9 Å². The number of nitrogens with zero attached hydrogens (tertiary/aromatic N) is 5. The minimum Gasteiger partial charge on any atom is -0.494 e. The quantitative estimate of drug-likeness (QED) is 0.235. The summed E-state index contributed by atoms with van der Waals surface area (Å²) in [6.45, 7) is 2.54. The molecule has 0 unspecified atom stereocenters. The zero-order valence-electron chi connectivity index (χ0n) is 23.2. The van der Waals surface area contributed by atoms with Crippen molar-refractivity contribution in [1.29, 1.82) is 0 Å². The highest BCUT2D eigenvalue weighted by atomic mass is 32.1. The molecule has 6 aromatic rings. The maximum atomic E-state index is 13.4. The lowest BCUT2D eigenvalue weighted by Crippen LogP contribution is -2.23. The summed E-state index contributed by atoms with van der Waals surface area (Å²) in [6.07, 6.45) is 7.40. The van der Waals surface area contributed by atoms with Crippen LogP contribution in [0.25, 0.3) is 40.1 Å². The fraction of sp³-hybridized carbons (Fsp3) is 0.125. The number of methoxy groups -OCH3 is 2. The number of rotatable bonds is 9. The third-order valence-corrected chi connectivity index (χ3v) is 7.48. The Balaban J connectivity index is 1.36. The summed E-state index contributed by atoms with van der Waals surface area (Å²) in [6, 6.07) is 23.2. The van der Waals surface area contributed by atoms with Gasteiger partial charge >= 0.3 is 0 Å². The molecule has 42 heavy (non-hydrogen) atoms. The van der Waals surface area contributed by atoms with E-state index in [1.165, 1.54) is 15.9 Å². The first-order chi connectivity index (χ1) is 20.6. The van der Waals surface area contributed by atoms with Crippen LogP contribution in [0, 0.1) is 0 Å². The van der Waals surface area contributed by atoms with Gasteiger partial charge in [-0.25, -0.2) is 4.68 Å². The molecule has 0 N–H and O–H groups in total. The van der Waals surface area contributed by atoms with E-state index in [1.807, 2.05) is 103 Å². The fourth-order valence-corrected chi connectivity index (χ4v) is 5.40. The Kier molecular flexibility index (Phi) is 7.52. The van der Waals surface area contributed by atoms with Crippen molar-refractivity contribution in [3.05, 3.63) is 111 Å². The molecule has 0 aliphatic carbocycles. The summed E-state index contributed by atoms with van der Waals surface area (Å²) in [5, 5.41) is 9.30. The molecule has 3 heterocycles. The molecule has 0 spiro atoms. The standard InChI is InChI=1S/C32H27N5O4S/c1-4-41-25-14-12-22(13-15-25)30-23(20-36(35-30)24-8-6-5-7-9-24)19-28-31(38)37-32(42-28)33-29(34-37)17-11-21-10-16-26(39-2)27(18-21)40-3/h5-20H,4H2,1-3H3/b17-11+,28-19-. The predicted molar refractivity (Wildman–Crippen MR) is 165 cm³/mol. The van der Waals surface area contributed by atoms with Crippen LogP contribution >= 0.6 is 11.3 Å². The second kappa shape index (κ2) is 11.7. The van der Waals surface area contributed by atoms with Crippen LogP contribution in [0.2, 0.25) is 0 Å². The molecule has 0 atom stereocenters. The normalized spacial score (nSPS) is 11.9. The Hall–Kier alpha value is -5.22. The van der Waals surface area contributed by atoms with E-state index in [9.17, 15) is 4.79 Å². The molecule has 6 rings (SSSR count). The van der Waals surface area contributed by atoms with Gasteiger partial charge in [-0.1, -0.05) is 41.7 Å². The number of hydrogen-bond acceptors (Lipinski definition) is 8. The van der Waals surface area contributed by atoms with Crippen molar-refractivity contribution in [3.8, 4) is 34.2 Å². The minimum absolute atomic E-state index is 0.238. The molecule has 0 saturated carbocycles. The van der Waals surface area contributed by atoms with Crippen LogP contribution in [0.4, 0.5) is 0 Å². The van der Waals surface area contributed by atoms with Crippen LogP contribution in [0.3, 0.4) is 0 Å². The van der Waals surface area contributed by atoms with Gasteiger partial charge in [-0.05, 0) is 73.2 Å². The smallest absolute Gasteiger partial charge is 0.291 e. The monoisotopic (exact) mass is 577 g/mol. The van der Waals surface area contributed by atoms with E-state index >= 15 is 0 Å². The Labute approximate surface area is 245 Å². The van der Waals surface area contributed by atoms with Crippen molar-refractivity contribution in [1.82, 2.24) is 24.4 Å². The highest BCUT2D eigenvalue weighted by Crippen LogP contribution is 2.29. The van der Waals surface area contributed by atoms with E-state index in [-0.39, 0.29) is 5.56 Å². The number of fused-ring (bicyclic) bond motifs is 1. The summed E-state index contributed by atoms with van der Waals surface area (Å²) < 4.78 is 19.9. The van der Waals surface area contributed by atoms with Gasteiger partial charge < -0.3 is 14.2 Å². The molecule has 0 aliphatic heterocycles. The lowest BCUT2D eigenvalue weighted by molar-refractivity contribution is 0.340. The van der Waals surface area contributed by atoms with Crippen molar-refractivity contribution < 1.29 is 14.2 Å². The first-order valence-electron chi connectivity index (χ1n) is 13.3. The predicted octanol–water partition coefficient (Wildman–Crippen LogP) is 5.14. The van der Waals surface area contributed by atoms with Crippen molar-refractivity contribution >= 4 is 34.5 Å². The van der Waals surface area contributed by atoms with Crippen molar-refractivity contribution in [2.45, 2.75) is 6.92 Å². The summed E-state index contributed by atoms with van der Waals surface area (Å²) >= 11 is 1.28. The van der Waals surface area contributed by atoms with Crippen LogP contribution in [0.15, 0.2) is 83.8 Å². The number of ether oxygens (including phenoxy) is 3. The molecule has 10 heteroatoms. The van der Waals surface area contributed by atoms with Crippen LogP contribution in [0.5, 0.6) is 17.2 Å². The molecule has 0 saturated heterocycles. The van der Waals surface area contributed by atoms with Crippen molar-refractivity contribution in [2.75, 3.05) is 20.8 Å². The second-order valence-electron chi connectivity index (χ2n) is 9.20. The first kappa shape index (κ1) is 27.0. The zero-order valence-corrected chi connectivity index (χ0v) is 24.0. The average Bonchev–Trinajstić information content (AvgIpc) is 3.71. The summed E-state index contributed by atoms with van der Waals surface area (Å²) in [5.74, 6) is 2.50. The number of para-hydroxylation sites is 1. The summed E-state index contributed by atoms with van der Waals surface area (Å²) in [4.78, 5) is 18.4. The lowest BCUT2D eigenvalue weighted by atomic mass is 10.1. The Morgan fingerprint density at radius 3 is 2.40 bits per heavy atom. The maximum absolute atomic E-state index is 13.4. The lowest BCUT2D eigenvalue weighted by Gasteiger charge is -2.07. The third kappa shape index (κ3) is 5.39. The van der Waals surface area contributed by atoms with Gasteiger partial charge in [0.1, 0.15) is 11.4 Å². The van der Waals surface area contributed by atoms with E-state index < -0.39 is 0 Å². The molecule has 0 radical (unpaired) electrons. The van der Waals surface area contributed by atoms with E-state index in [4.69, 9.17) is 19.3 Å². The number of aromatic nitrogens is 5. The second-order valence-corrected chi connectivity index (χ2v) is 10.2. The van der Waals surface area contributed by atoms with Gasteiger partial charge in [0.25, 0.3) is 5.56 Å². The number of thiazole rings is 1. The van der Waals surface area contributed by atoms with Gasteiger partial charge in [-0.2, -0.15) is 14.6 Å². The van der Waals surface area contributed by atoms with Gasteiger partial charge in [-0.15, -0.1) is 5.10 Å². The maximum Gasteiger partial charge on any atom is 0.291 e. The summed E-state index contributed by atoms with van der Waals surface area (Å²) in [5.41, 5.74) is 4.03. The van der Waals surface area contributed by atoms with Gasteiger partial charge in [-0.3, -0.25) is 4.79 Å². The SMILES string of the molecule is CCOc1ccc(-c2nn(-c3ccccc3)cc2/C=c2\sc3nc(/C=C/c4ccc(OC)c(OC)c4)nn3c2=O)cc1. The molecule has 9 nitrogen and oxygen atoms in total. The molecule has 0 bridgehead atoms. The fourth-order valence-electron chi connectivity index (χ4n) is 4.49. The molecule has 3 aromatic carbocycles. The average molecular weight is 578 g/mol. The first-order valence-corrected chi connectivity index (χ1v) is 14.1. The number of hydrogen-bond donors (Lipinski definition) is 0. The van der Waals surface area contributed by atoms with Crippen molar-refractivity contribution in [2.24, 2.45) is 0 Å². The molecule has 0 amide bonds. The highest BCUT2D eigenvalue weighted by molar-refractivity contribution is 7.15. The van der Waals surface area contributed by atoms with E-state index in [2.05, 4.69) is 10.1 Å². The molecular weight excluding hydrogens is 550 g/mol. The Morgan fingerprint density at radius 1 is 0.905 bits per heavy atom. The van der Waals surface area contributed by atoms with E-state index in [1.54, 1.807) is 20.3 Å². The Morgan fingerprint density at radius 2 is 1.69 bits per heavy atom. The van der Waals surface area contributed by atoms with Crippen LogP contribution < -0.4 is 24.3 Å². The largest absolute Gasteiger partial charge is 0.494 e. The number of benzene rings is 3. The highest BCUT2D eigenvalue weighted by Gasteiger charge is 2.14. The Bertz CT molecular complexity index is 1990. The summed E-state index contributed by atoms with van der Waals surface area (Å²) in [7, 11) is 3.19. The van der Waals surface area contributed by atoms with Gasteiger partial charge in [0.15, 0.2) is 17.3 Å². The topological polar surface area (TPSA) is 92.8 Å². The molecule has 0 aliphatic rings.